The van der Waals surface area contributed by atoms with Gasteiger partial charge in [0, 0.05) is 31.0 Å². The third kappa shape index (κ3) is 7.96. The van der Waals surface area contributed by atoms with E-state index in [1.54, 1.807) is 6.07 Å². The van der Waals surface area contributed by atoms with E-state index in [1.807, 2.05) is 18.2 Å². The second-order valence-corrected chi connectivity index (χ2v) is 11.4. The van der Waals surface area contributed by atoms with E-state index in [4.69, 9.17) is 18.9 Å². The summed E-state index contributed by atoms with van der Waals surface area (Å²) in [5.74, 6) is 1.09. The Bertz CT molecular complexity index is 1400. The van der Waals surface area contributed by atoms with Crippen LogP contribution in [-0.2, 0) is 40.1 Å². The minimum Gasteiger partial charge on any atom is -0.493 e. The normalized spacial score (nSPS) is 15.7. The van der Waals surface area contributed by atoms with Crippen LogP contribution in [0.1, 0.15) is 82.7 Å². The molecule has 0 amide bonds. The average molecular weight is 586 g/mol. The number of fused-ring (bicyclic) bond motifs is 2. The molecule has 5 rings (SSSR count). The van der Waals surface area contributed by atoms with E-state index in [9.17, 15) is 9.59 Å². The molecule has 0 saturated carbocycles. The first kappa shape index (κ1) is 30.6. The van der Waals surface area contributed by atoms with Crippen molar-refractivity contribution < 1.29 is 28.5 Å². The largest absolute Gasteiger partial charge is 0.493 e. The molecule has 7 nitrogen and oxygen atoms in total. The molecule has 0 fully saturated rings. The van der Waals surface area contributed by atoms with E-state index in [-0.39, 0.29) is 18.0 Å². The predicted molar refractivity (Wildman–Crippen MR) is 166 cm³/mol. The Hall–Kier alpha value is -3.84. The Kier molecular flexibility index (Phi) is 10.7. The number of para-hydroxylation sites is 1. The van der Waals surface area contributed by atoms with E-state index in [0.29, 0.717) is 25.2 Å². The summed E-state index contributed by atoms with van der Waals surface area (Å²) in [4.78, 5) is 26.3. The predicted octanol–water partition coefficient (Wildman–Crippen LogP) is 6.64. The SMILES string of the molecule is COC(=O)CCCCN(CCc1ccccc1OCc1ccc2c(c1)CCCC2)C1CCOc2cc(C(=O)OC)ccc21. The first-order chi connectivity index (χ1) is 21.1. The summed E-state index contributed by atoms with van der Waals surface area (Å²) in [6, 6.07) is 20.8. The van der Waals surface area contributed by atoms with E-state index in [2.05, 4.69) is 41.3 Å². The number of ether oxygens (including phenoxy) is 4. The monoisotopic (exact) mass is 585 g/mol. The van der Waals surface area contributed by atoms with Crippen molar-refractivity contribution in [1.29, 1.82) is 0 Å². The lowest BCUT2D eigenvalue weighted by molar-refractivity contribution is -0.140. The van der Waals surface area contributed by atoms with Crippen molar-refractivity contribution in [3.05, 3.63) is 94.0 Å². The van der Waals surface area contributed by atoms with Crippen molar-refractivity contribution in [2.24, 2.45) is 0 Å². The molecule has 3 aromatic carbocycles. The standard InChI is InChI=1S/C36H43NO6/c1-40-35(38)13-7-8-20-37(32-19-22-42-34-24-30(36(39)41-2)16-17-31(32)34)21-18-28-10-5-6-12-33(28)43-25-26-14-15-27-9-3-4-11-29(27)23-26/h5-6,10,12,14-17,23-24,32H,3-4,7-9,11,13,18-22,25H2,1-2H3. The Morgan fingerprint density at radius 2 is 1.74 bits per heavy atom. The molecule has 1 aliphatic heterocycles. The molecule has 0 spiro atoms. The third-order valence-corrected chi connectivity index (χ3v) is 8.64. The fourth-order valence-electron chi connectivity index (χ4n) is 6.26. The van der Waals surface area contributed by atoms with Crippen LogP contribution in [0.5, 0.6) is 11.5 Å². The lowest BCUT2D eigenvalue weighted by Crippen LogP contribution is -2.35. The van der Waals surface area contributed by atoms with Crippen LogP contribution in [0, 0.1) is 0 Å². The molecule has 2 aliphatic rings. The number of carbonyl (C=O) groups is 2. The Balaban J connectivity index is 1.29. The number of carbonyl (C=O) groups excluding carboxylic acids is 2. The van der Waals surface area contributed by atoms with Crippen LogP contribution in [0.2, 0.25) is 0 Å². The molecule has 3 aromatic rings. The highest BCUT2D eigenvalue weighted by atomic mass is 16.5. The Labute approximate surface area is 255 Å². The van der Waals surface area contributed by atoms with E-state index >= 15 is 0 Å². The van der Waals surface area contributed by atoms with Gasteiger partial charge in [0.05, 0.1) is 26.4 Å². The maximum Gasteiger partial charge on any atom is 0.337 e. The summed E-state index contributed by atoms with van der Waals surface area (Å²) in [7, 11) is 2.82. The average Bonchev–Trinajstić information content (AvgIpc) is 3.06. The van der Waals surface area contributed by atoms with E-state index in [0.717, 1.165) is 62.3 Å². The smallest absolute Gasteiger partial charge is 0.337 e. The van der Waals surface area contributed by atoms with E-state index in [1.165, 1.54) is 55.7 Å². The molecule has 1 aliphatic carbocycles. The number of unbranched alkanes of at least 4 members (excludes halogenated alkanes) is 1. The number of esters is 2. The van der Waals surface area contributed by atoms with Gasteiger partial charge in [-0.05, 0) is 91.9 Å². The summed E-state index contributed by atoms with van der Waals surface area (Å²) in [6.45, 7) is 2.77. The zero-order valence-corrected chi connectivity index (χ0v) is 25.4. The van der Waals surface area contributed by atoms with Gasteiger partial charge in [-0.1, -0.05) is 42.5 Å². The summed E-state index contributed by atoms with van der Waals surface area (Å²) < 4.78 is 22.1. The molecule has 7 heteroatoms. The van der Waals surface area contributed by atoms with Gasteiger partial charge in [0.15, 0.2) is 0 Å². The molecule has 1 atom stereocenters. The highest BCUT2D eigenvalue weighted by Crippen LogP contribution is 2.37. The van der Waals surface area contributed by atoms with Crippen LogP contribution in [0.4, 0.5) is 0 Å². The molecule has 0 aromatic heterocycles. The molecule has 0 bridgehead atoms. The maximum absolute atomic E-state index is 12.1. The highest BCUT2D eigenvalue weighted by molar-refractivity contribution is 5.90. The molecule has 1 unspecified atom stereocenters. The third-order valence-electron chi connectivity index (χ3n) is 8.64. The van der Waals surface area contributed by atoms with Gasteiger partial charge >= 0.3 is 11.9 Å². The molecule has 0 radical (unpaired) electrons. The minimum atomic E-state index is -0.375. The summed E-state index contributed by atoms with van der Waals surface area (Å²) in [5, 5.41) is 0. The first-order valence-electron chi connectivity index (χ1n) is 15.5. The van der Waals surface area contributed by atoms with Gasteiger partial charge in [-0.2, -0.15) is 0 Å². The van der Waals surface area contributed by atoms with Gasteiger partial charge in [-0.15, -0.1) is 0 Å². The van der Waals surface area contributed by atoms with Crippen LogP contribution < -0.4 is 9.47 Å². The van der Waals surface area contributed by atoms with Gasteiger partial charge < -0.3 is 18.9 Å². The molecule has 1 heterocycles. The lowest BCUT2D eigenvalue weighted by Gasteiger charge is -2.36. The molecule has 43 heavy (non-hydrogen) atoms. The zero-order valence-electron chi connectivity index (χ0n) is 25.4. The first-order valence-corrected chi connectivity index (χ1v) is 15.5. The van der Waals surface area contributed by atoms with Crippen molar-refractivity contribution >= 4 is 11.9 Å². The summed E-state index contributed by atoms with van der Waals surface area (Å²) in [5.41, 5.74) is 6.90. The van der Waals surface area contributed by atoms with Crippen molar-refractivity contribution in [2.75, 3.05) is 33.9 Å². The Morgan fingerprint density at radius 3 is 2.58 bits per heavy atom. The number of nitrogens with zero attached hydrogens (tertiary/aromatic N) is 1. The van der Waals surface area contributed by atoms with Gasteiger partial charge in [0.2, 0.25) is 0 Å². The van der Waals surface area contributed by atoms with Crippen LogP contribution in [0.3, 0.4) is 0 Å². The zero-order chi connectivity index (χ0) is 30.0. The van der Waals surface area contributed by atoms with Crippen LogP contribution in [0.15, 0.2) is 60.7 Å². The van der Waals surface area contributed by atoms with Crippen molar-refractivity contribution in [1.82, 2.24) is 4.90 Å². The number of rotatable bonds is 13. The maximum atomic E-state index is 12.1. The second kappa shape index (κ2) is 15.1. The minimum absolute atomic E-state index is 0.136. The van der Waals surface area contributed by atoms with Gasteiger partial charge in [0.1, 0.15) is 18.1 Å². The fourth-order valence-corrected chi connectivity index (χ4v) is 6.26. The topological polar surface area (TPSA) is 74.3 Å². The summed E-state index contributed by atoms with van der Waals surface area (Å²) >= 11 is 0. The van der Waals surface area contributed by atoms with Crippen LogP contribution in [-0.4, -0.2) is 50.8 Å². The van der Waals surface area contributed by atoms with Gasteiger partial charge in [-0.3, -0.25) is 9.69 Å². The second-order valence-electron chi connectivity index (χ2n) is 11.4. The van der Waals surface area contributed by atoms with Crippen molar-refractivity contribution in [2.45, 2.75) is 70.4 Å². The summed E-state index contributed by atoms with van der Waals surface area (Å²) in [6.07, 6.45) is 8.62. The van der Waals surface area contributed by atoms with Crippen molar-refractivity contribution in [3.63, 3.8) is 0 Å². The van der Waals surface area contributed by atoms with Gasteiger partial charge in [-0.25, -0.2) is 4.79 Å². The molecule has 0 N–H and O–H groups in total. The lowest BCUT2D eigenvalue weighted by atomic mass is 9.90. The molecular weight excluding hydrogens is 542 g/mol. The van der Waals surface area contributed by atoms with E-state index < -0.39 is 0 Å². The molecule has 228 valence electrons. The van der Waals surface area contributed by atoms with Gasteiger partial charge in [0.25, 0.3) is 0 Å². The highest BCUT2D eigenvalue weighted by Gasteiger charge is 2.28. The number of benzene rings is 3. The quantitative estimate of drug-likeness (QED) is 0.164. The molecule has 0 saturated heterocycles. The molecular formula is C36H43NO6. The number of hydrogen-bond acceptors (Lipinski definition) is 7. The number of methoxy groups -OCH3 is 2. The Morgan fingerprint density at radius 1 is 0.907 bits per heavy atom. The van der Waals surface area contributed by atoms with Crippen LogP contribution >= 0.6 is 0 Å². The number of aryl methyl sites for hydroxylation is 2. The van der Waals surface area contributed by atoms with Crippen molar-refractivity contribution in [3.8, 4) is 11.5 Å². The number of hydrogen-bond donors (Lipinski definition) is 0. The van der Waals surface area contributed by atoms with Crippen LogP contribution in [0.25, 0.3) is 0 Å². The fraction of sp³-hybridized carbons (Fsp3) is 0.444.